The highest BCUT2D eigenvalue weighted by molar-refractivity contribution is 5.89. The lowest BCUT2D eigenvalue weighted by Crippen LogP contribution is -2.00. The van der Waals surface area contributed by atoms with Gasteiger partial charge in [-0.05, 0) is 55.0 Å². The van der Waals surface area contributed by atoms with Gasteiger partial charge in [-0.2, -0.15) is 0 Å². The van der Waals surface area contributed by atoms with Gasteiger partial charge in [0.15, 0.2) is 0 Å². The summed E-state index contributed by atoms with van der Waals surface area (Å²) in [6, 6.07) is 15.9. The second kappa shape index (κ2) is 9.02. The molecule has 0 saturated heterocycles. The van der Waals surface area contributed by atoms with Crippen molar-refractivity contribution in [1.82, 2.24) is 0 Å². The van der Waals surface area contributed by atoms with Gasteiger partial charge in [-0.1, -0.05) is 42.8 Å². The number of hydrogen-bond acceptors (Lipinski definition) is 3. The van der Waals surface area contributed by atoms with Crippen LogP contribution in [0.25, 0.3) is 11.1 Å². The SMILES string of the molecule is COC(=O)c1ccc(-c2ccc(CCCCCC(C)=O)cc2)cc1. The lowest BCUT2D eigenvalue weighted by Gasteiger charge is -2.06. The van der Waals surface area contributed by atoms with Crippen molar-refractivity contribution in [2.45, 2.75) is 39.0 Å². The van der Waals surface area contributed by atoms with Crippen LogP contribution < -0.4 is 0 Å². The summed E-state index contributed by atoms with van der Waals surface area (Å²) in [6.07, 6.45) is 4.93. The lowest BCUT2D eigenvalue weighted by atomic mass is 10.00. The van der Waals surface area contributed by atoms with E-state index in [0.29, 0.717) is 12.0 Å². The molecule has 0 saturated carbocycles. The fourth-order valence-electron chi connectivity index (χ4n) is 2.66. The fraction of sp³-hybridized carbons (Fsp3) is 0.333. The number of unbranched alkanes of at least 4 members (excludes halogenated alkanes) is 2. The maximum atomic E-state index is 11.4. The first-order valence-corrected chi connectivity index (χ1v) is 8.37. The molecule has 0 amide bonds. The number of methoxy groups -OCH3 is 1. The minimum absolute atomic E-state index is 0.276. The molecule has 0 aliphatic carbocycles. The normalized spacial score (nSPS) is 10.4. The van der Waals surface area contributed by atoms with Gasteiger partial charge in [0.2, 0.25) is 0 Å². The lowest BCUT2D eigenvalue weighted by molar-refractivity contribution is -0.117. The minimum atomic E-state index is -0.318. The highest BCUT2D eigenvalue weighted by Gasteiger charge is 2.05. The van der Waals surface area contributed by atoms with E-state index in [2.05, 4.69) is 24.3 Å². The Morgan fingerprint density at radius 3 is 1.96 bits per heavy atom. The van der Waals surface area contributed by atoms with Crippen molar-refractivity contribution in [2.75, 3.05) is 7.11 Å². The Hall–Kier alpha value is -2.42. The minimum Gasteiger partial charge on any atom is -0.465 e. The number of aryl methyl sites for hydroxylation is 1. The van der Waals surface area contributed by atoms with E-state index in [1.54, 1.807) is 19.1 Å². The molecule has 0 aromatic heterocycles. The van der Waals surface area contributed by atoms with E-state index >= 15 is 0 Å². The number of ether oxygens (including phenoxy) is 1. The smallest absolute Gasteiger partial charge is 0.337 e. The summed E-state index contributed by atoms with van der Waals surface area (Å²) >= 11 is 0. The maximum absolute atomic E-state index is 11.4. The molecule has 0 N–H and O–H groups in total. The number of rotatable bonds is 8. The Morgan fingerprint density at radius 2 is 1.42 bits per heavy atom. The molecule has 2 rings (SSSR count). The zero-order valence-corrected chi connectivity index (χ0v) is 14.4. The third-order valence-electron chi connectivity index (χ3n) is 4.09. The number of carbonyl (C=O) groups excluding carboxylic acids is 2. The van der Waals surface area contributed by atoms with Gasteiger partial charge in [-0.25, -0.2) is 4.79 Å². The van der Waals surface area contributed by atoms with E-state index in [-0.39, 0.29) is 11.8 Å². The summed E-state index contributed by atoms with van der Waals surface area (Å²) in [5, 5.41) is 0. The predicted octanol–water partition coefficient (Wildman–Crippen LogP) is 4.83. The summed E-state index contributed by atoms with van der Waals surface area (Å²) in [5.74, 6) is -0.0424. The topological polar surface area (TPSA) is 43.4 Å². The third kappa shape index (κ3) is 5.34. The standard InChI is InChI=1S/C21H24O3/c1-16(22)6-4-3-5-7-17-8-10-18(11-9-17)19-12-14-20(15-13-19)21(23)24-2/h8-15H,3-7H2,1-2H3. The monoisotopic (exact) mass is 324 g/mol. The van der Waals surface area contributed by atoms with Crippen LogP contribution in [0, 0.1) is 0 Å². The molecule has 3 nitrogen and oxygen atoms in total. The van der Waals surface area contributed by atoms with E-state index in [0.717, 1.165) is 36.8 Å². The van der Waals surface area contributed by atoms with Crippen molar-refractivity contribution < 1.29 is 14.3 Å². The zero-order valence-electron chi connectivity index (χ0n) is 14.4. The van der Waals surface area contributed by atoms with Crippen LogP contribution in [0.15, 0.2) is 48.5 Å². The second-order valence-corrected chi connectivity index (χ2v) is 6.03. The Labute approximate surface area is 143 Å². The average molecular weight is 324 g/mol. The van der Waals surface area contributed by atoms with Crippen molar-refractivity contribution in [3.8, 4) is 11.1 Å². The van der Waals surface area contributed by atoms with Crippen molar-refractivity contribution in [3.63, 3.8) is 0 Å². The highest BCUT2D eigenvalue weighted by Crippen LogP contribution is 2.21. The molecule has 0 aliphatic heterocycles. The van der Waals surface area contributed by atoms with E-state index in [1.807, 2.05) is 12.1 Å². The van der Waals surface area contributed by atoms with Crippen LogP contribution in [-0.4, -0.2) is 18.9 Å². The van der Waals surface area contributed by atoms with Crippen LogP contribution in [0.3, 0.4) is 0 Å². The van der Waals surface area contributed by atoms with Gasteiger partial charge in [0.05, 0.1) is 12.7 Å². The van der Waals surface area contributed by atoms with Gasteiger partial charge in [0.1, 0.15) is 5.78 Å². The summed E-state index contributed by atoms with van der Waals surface area (Å²) in [6.45, 7) is 1.65. The Balaban J connectivity index is 1.89. The summed E-state index contributed by atoms with van der Waals surface area (Å²) < 4.78 is 4.71. The molecule has 0 radical (unpaired) electrons. The fourth-order valence-corrected chi connectivity index (χ4v) is 2.66. The molecule has 0 spiro atoms. The van der Waals surface area contributed by atoms with E-state index in [4.69, 9.17) is 4.74 Å². The number of benzene rings is 2. The van der Waals surface area contributed by atoms with Gasteiger partial charge in [-0.3, -0.25) is 0 Å². The van der Waals surface area contributed by atoms with E-state index in [9.17, 15) is 9.59 Å². The molecule has 2 aromatic rings. The molecule has 0 aliphatic rings. The molecule has 0 unspecified atom stereocenters. The van der Waals surface area contributed by atoms with E-state index < -0.39 is 0 Å². The molecular formula is C21H24O3. The third-order valence-corrected chi connectivity index (χ3v) is 4.09. The van der Waals surface area contributed by atoms with Crippen LogP contribution in [0.2, 0.25) is 0 Å². The van der Waals surface area contributed by atoms with Crippen molar-refractivity contribution in [2.24, 2.45) is 0 Å². The van der Waals surface area contributed by atoms with Crippen LogP contribution in [0.5, 0.6) is 0 Å². The van der Waals surface area contributed by atoms with Gasteiger partial charge >= 0.3 is 5.97 Å². The first-order chi connectivity index (χ1) is 11.6. The number of ketones is 1. The van der Waals surface area contributed by atoms with Crippen LogP contribution in [0.4, 0.5) is 0 Å². The molecule has 0 fully saturated rings. The molecule has 0 atom stereocenters. The highest BCUT2D eigenvalue weighted by atomic mass is 16.5. The molecule has 24 heavy (non-hydrogen) atoms. The van der Waals surface area contributed by atoms with Crippen LogP contribution in [0.1, 0.15) is 48.5 Å². The van der Waals surface area contributed by atoms with Gasteiger partial charge in [-0.15, -0.1) is 0 Å². The second-order valence-electron chi connectivity index (χ2n) is 6.03. The van der Waals surface area contributed by atoms with Crippen molar-refractivity contribution in [3.05, 3.63) is 59.7 Å². The number of hydrogen-bond donors (Lipinski definition) is 0. The van der Waals surface area contributed by atoms with Crippen molar-refractivity contribution in [1.29, 1.82) is 0 Å². The quantitative estimate of drug-likeness (QED) is 0.516. The molecule has 126 valence electrons. The van der Waals surface area contributed by atoms with Gasteiger partial charge in [0.25, 0.3) is 0 Å². The summed E-state index contributed by atoms with van der Waals surface area (Å²) in [5.41, 5.74) is 4.08. The van der Waals surface area contributed by atoms with Gasteiger partial charge < -0.3 is 9.53 Å². The van der Waals surface area contributed by atoms with Crippen LogP contribution >= 0.6 is 0 Å². The number of carbonyl (C=O) groups is 2. The van der Waals surface area contributed by atoms with E-state index in [1.165, 1.54) is 12.7 Å². The molecule has 2 aromatic carbocycles. The van der Waals surface area contributed by atoms with Crippen molar-refractivity contribution >= 4 is 11.8 Å². The maximum Gasteiger partial charge on any atom is 0.337 e. The first kappa shape index (κ1) is 17.9. The number of Topliss-reactive ketones (excluding diaryl/α,β-unsaturated/α-hetero) is 1. The first-order valence-electron chi connectivity index (χ1n) is 8.37. The molecule has 3 heteroatoms. The van der Waals surface area contributed by atoms with Gasteiger partial charge in [0, 0.05) is 6.42 Å². The summed E-state index contributed by atoms with van der Waals surface area (Å²) in [7, 11) is 1.38. The zero-order chi connectivity index (χ0) is 17.4. The van der Waals surface area contributed by atoms with Crippen LogP contribution in [-0.2, 0) is 16.0 Å². The molecular weight excluding hydrogens is 300 g/mol. The largest absolute Gasteiger partial charge is 0.465 e. The Kier molecular flexibility index (Phi) is 6.74. The Morgan fingerprint density at radius 1 is 0.833 bits per heavy atom. The molecule has 0 bridgehead atoms. The molecule has 0 heterocycles. The Bertz CT molecular complexity index is 669. The predicted molar refractivity (Wildman–Crippen MR) is 96.1 cm³/mol. The average Bonchev–Trinajstić information content (AvgIpc) is 2.61. The number of esters is 1. The summed E-state index contributed by atoms with van der Waals surface area (Å²) in [4.78, 5) is 22.3.